The van der Waals surface area contributed by atoms with Crippen molar-refractivity contribution in [3.05, 3.63) is 29.8 Å². The second kappa shape index (κ2) is 7.99. The maximum absolute atomic E-state index is 12.2. The third-order valence-corrected chi connectivity index (χ3v) is 4.34. The summed E-state index contributed by atoms with van der Waals surface area (Å²) in [5.74, 6) is -0.300. The van der Waals surface area contributed by atoms with E-state index in [0.29, 0.717) is 32.2 Å². The van der Waals surface area contributed by atoms with E-state index in [9.17, 15) is 9.59 Å². The number of benzene rings is 1. The summed E-state index contributed by atoms with van der Waals surface area (Å²) >= 11 is 0. The first-order valence-corrected chi connectivity index (χ1v) is 8.19. The molecule has 1 amide bonds. The second-order valence-electron chi connectivity index (χ2n) is 6.38. The molecule has 1 saturated carbocycles. The fraction of sp³-hybridized carbons (Fsp3) is 0.556. The predicted molar refractivity (Wildman–Crippen MR) is 87.4 cm³/mol. The van der Waals surface area contributed by atoms with Crippen LogP contribution in [0.2, 0.25) is 0 Å². The molecule has 5 heteroatoms. The van der Waals surface area contributed by atoms with Gasteiger partial charge in [0.2, 0.25) is 5.91 Å². The molecule has 1 fully saturated rings. The molecule has 1 aliphatic carbocycles. The van der Waals surface area contributed by atoms with E-state index in [2.05, 4.69) is 5.32 Å². The fourth-order valence-electron chi connectivity index (χ4n) is 2.95. The third-order valence-electron chi connectivity index (χ3n) is 4.34. The Morgan fingerprint density at radius 2 is 1.91 bits per heavy atom. The van der Waals surface area contributed by atoms with Gasteiger partial charge in [-0.15, -0.1) is 0 Å². The van der Waals surface area contributed by atoms with E-state index in [0.717, 1.165) is 11.3 Å². The molecule has 1 aliphatic rings. The van der Waals surface area contributed by atoms with Gasteiger partial charge in [-0.05, 0) is 57.2 Å². The Kier molecular flexibility index (Phi) is 6.02. The Bertz CT molecular complexity index is 550. The molecule has 0 saturated heterocycles. The van der Waals surface area contributed by atoms with Crippen LogP contribution >= 0.6 is 0 Å². The smallest absolute Gasteiger partial charge is 0.306 e. The van der Waals surface area contributed by atoms with Gasteiger partial charge in [0.15, 0.2) is 0 Å². The maximum Gasteiger partial charge on any atom is 0.306 e. The first-order valence-electron chi connectivity index (χ1n) is 8.19. The number of carboxylic acid groups (broad SMARTS) is 1. The van der Waals surface area contributed by atoms with E-state index in [4.69, 9.17) is 9.84 Å². The number of aryl methyl sites for hydroxylation is 1. The molecular weight excluding hydrogens is 294 g/mol. The van der Waals surface area contributed by atoms with Crippen LogP contribution in [0.25, 0.3) is 0 Å². The zero-order valence-corrected chi connectivity index (χ0v) is 13.7. The summed E-state index contributed by atoms with van der Waals surface area (Å²) < 4.78 is 5.79. The van der Waals surface area contributed by atoms with Crippen LogP contribution in [0.1, 0.15) is 38.2 Å². The molecule has 1 atom stereocenters. The van der Waals surface area contributed by atoms with Crippen molar-refractivity contribution in [2.75, 3.05) is 6.54 Å². The number of aliphatic carboxylic acids is 1. The minimum absolute atomic E-state index is 0.00790. The van der Waals surface area contributed by atoms with Crippen molar-refractivity contribution in [1.29, 1.82) is 0 Å². The van der Waals surface area contributed by atoms with Crippen molar-refractivity contribution in [1.82, 2.24) is 5.32 Å². The van der Waals surface area contributed by atoms with Gasteiger partial charge in [0.05, 0.1) is 12.5 Å². The Morgan fingerprint density at radius 1 is 1.26 bits per heavy atom. The zero-order valence-electron chi connectivity index (χ0n) is 13.7. The molecule has 0 bridgehead atoms. The van der Waals surface area contributed by atoms with Crippen LogP contribution in [-0.2, 0) is 9.59 Å². The number of carbonyl (C=O) groups is 2. The van der Waals surface area contributed by atoms with Crippen LogP contribution < -0.4 is 10.1 Å². The van der Waals surface area contributed by atoms with Crippen LogP contribution in [0.3, 0.4) is 0 Å². The van der Waals surface area contributed by atoms with Crippen molar-refractivity contribution >= 4 is 11.9 Å². The molecule has 2 rings (SSSR count). The van der Waals surface area contributed by atoms with Gasteiger partial charge in [-0.2, -0.15) is 0 Å². The summed E-state index contributed by atoms with van der Waals surface area (Å²) in [5, 5.41) is 11.9. The van der Waals surface area contributed by atoms with E-state index >= 15 is 0 Å². The summed E-state index contributed by atoms with van der Waals surface area (Å²) in [7, 11) is 0. The molecule has 5 nitrogen and oxygen atoms in total. The van der Waals surface area contributed by atoms with Gasteiger partial charge in [0.25, 0.3) is 0 Å². The van der Waals surface area contributed by atoms with Crippen LogP contribution in [0, 0.1) is 18.8 Å². The lowest BCUT2D eigenvalue weighted by molar-refractivity contribution is -0.144. The highest BCUT2D eigenvalue weighted by Crippen LogP contribution is 2.29. The molecule has 0 radical (unpaired) electrons. The standard InChI is InChI=1S/C18H25NO4/c1-12-4-3-5-16(10-12)23-13(2)11-19-17(20)14-6-8-15(9-7-14)18(21)22/h3-5,10,13-15H,6-9,11H2,1-2H3,(H,19,20)(H,21,22). The SMILES string of the molecule is Cc1cccc(OC(C)CNC(=O)C2CCC(C(=O)O)CC2)c1. The highest BCUT2D eigenvalue weighted by atomic mass is 16.5. The van der Waals surface area contributed by atoms with E-state index in [1.54, 1.807) is 0 Å². The number of nitrogens with one attached hydrogen (secondary N) is 1. The van der Waals surface area contributed by atoms with E-state index in [1.807, 2.05) is 38.1 Å². The number of ether oxygens (including phenoxy) is 1. The summed E-state index contributed by atoms with van der Waals surface area (Å²) in [6.07, 6.45) is 2.35. The van der Waals surface area contributed by atoms with Crippen molar-refractivity contribution < 1.29 is 19.4 Å². The maximum atomic E-state index is 12.2. The number of hydrogen-bond acceptors (Lipinski definition) is 3. The topological polar surface area (TPSA) is 75.6 Å². The molecule has 0 aromatic heterocycles. The van der Waals surface area contributed by atoms with Gasteiger partial charge in [-0.25, -0.2) is 0 Å². The normalized spacial score (nSPS) is 22.2. The Hall–Kier alpha value is -2.04. The predicted octanol–water partition coefficient (Wildman–Crippen LogP) is 2.77. The van der Waals surface area contributed by atoms with Crippen molar-refractivity contribution in [2.45, 2.75) is 45.6 Å². The molecule has 1 aromatic carbocycles. The highest BCUT2D eigenvalue weighted by Gasteiger charge is 2.29. The molecule has 2 N–H and O–H groups in total. The van der Waals surface area contributed by atoms with Crippen LogP contribution in [0.15, 0.2) is 24.3 Å². The lowest BCUT2D eigenvalue weighted by Crippen LogP contribution is -2.39. The number of carbonyl (C=O) groups excluding carboxylic acids is 1. The average Bonchev–Trinajstić information content (AvgIpc) is 2.52. The highest BCUT2D eigenvalue weighted by molar-refractivity contribution is 5.79. The van der Waals surface area contributed by atoms with Gasteiger partial charge >= 0.3 is 5.97 Å². The van der Waals surface area contributed by atoms with Gasteiger partial charge in [-0.3, -0.25) is 9.59 Å². The molecule has 0 heterocycles. The number of amides is 1. The first kappa shape index (κ1) is 17.3. The fourth-order valence-corrected chi connectivity index (χ4v) is 2.95. The first-order chi connectivity index (χ1) is 11.0. The van der Waals surface area contributed by atoms with Gasteiger partial charge in [-0.1, -0.05) is 12.1 Å². The van der Waals surface area contributed by atoms with E-state index in [-0.39, 0.29) is 23.8 Å². The number of hydrogen-bond donors (Lipinski definition) is 2. The van der Waals surface area contributed by atoms with Gasteiger partial charge in [0.1, 0.15) is 11.9 Å². The molecule has 1 unspecified atom stereocenters. The Labute approximate surface area is 137 Å². The Morgan fingerprint density at radius 3 is 2.52 bits per heavy atom. The minimum atomic E-state index is -0.746. The van der Waals surface area contributed by atoms with Crippen LogP contribution in [-0.4, -0.2) is 29.6 Å². The molecule has 1 aromatic rings. The lowest BCUT2D eigenvalue weighted by atomic mass is 9.81. The molecule has 0 spiro atoms. The van der Waals surface area contributed by atoms with Crippen molar-refractivity contribution in [3.8, 4) is 5.75 Å². The zero-order chi connectivity index (χ0) is 16.8. The molecule has 0 aliphatic heterocycles. The largest absolute Gasteiger partial charge is 0.489 e. The lowest BCUT2D eigenvalue weighted by Gasteiger charge is -2.25. The van der Waals surface area contributed by atoms with E-state index in [1.165, 1.54) is 0 Å². The summed E-state index contributed by atoms with van der Waals surface area (Å²) in [6, 6.07) is 7.81. The summed E-state index contributed by atoms with van der Waals surface area (Å²) in [4.78, 5) is 23.1. The monoisotopic (exact) mass is 319 g/mol. The summed E-state index contributed by atoms with van der Waals surface area (Å²) in [6.45, 7) is 4.38. The second-order valence-corrected chi connectivity index (χ2v) is 6.38. The summed E-state index contributed by atoms with van der Waals surface area (Å²) in [5.41, 5.74) is 1.13. The molecule has 23 heavy (non-hydrogen) atoms. The third kappa shape index (κ3) is 5.27. The van der Waals surface area contributed by atoms with Gasteiger partial charge in [0, 0.05) is 5.92 Å². The van der Waals surface area contributed by atoms with E-state index < -0.39 is 5.97 Å². The number of carboxylic acids is 1. The quantitative estimate of drug-likeness (QED) is 0.845. The van der Waals surface area contributed by atoms with Crippen molar-refractivity contribution in [2.24, 2.45) is 11.8 Å². The Balaban J connectivity index is 1.73. The minimum Gasteiger partial charge on any atom is -0.489 e. The van der Waals surface area contributed by atoms with Crippen LogP contribution in [0.5, 0.6) is 5.75 Å². The number of rotatable bonds is 6. The van der Waals surface area contributed by atoms with Gasteiger partial charge < -0.3 is 15.2 Å². The van der Waals surface area contributed by atoms with Crippen LogP contribution in [0.4, 0.5) is 0 Å². The average molecular weight is 319 g/mol. The van der Waals surface area contributed by atoms with Crippen molar-refractivity contribution in [3.63, 3.8) is 0 Å². The molecule has 126 valence electrons. The molecular formula is C18H25NO4.